The van der Waals surface area contributed by atoms with Crippen LogP contribution >= 0.6 is 0 Å². The predicted molar refractivity (Wildman–Crippen MR) is 61.1 cm³/mol. The Balaban J connectivity index is 2.92. The maximum absolute atomic E-state index is 11.5. The first kappa shape index (κ1) is 12.6. The monoisotopic (exact) mass is 222 g/mol. The number of esters is 1. The summed E-state index contributed by atoms with van der Waals surface area (Å²) < 4.78 is 4.74. The summed E-state index contributed by atoms with van der Waals surface area (Å²) in [5.74, 6) is -0.0433. The van der Waals surface area contributed by atoms with Crippen LogP contribution in [0.15, 0.2) is 12.3 Å². The first-order valence-electron chi connectivity index (χ1n) is 5.62. The van der Waals surface area contributed by atoms with Crippen molar-refractivity contribution in [1.82, 2.24) is 9.97 Å². The van der Waals surface area contributed by atoms with Gasteiger partial charge in [0.2, 0.25) is 0 Å². The molecule has 4 heteroatoms. The molecule has 1 unspecified atom stereocenters. The van der Waals surface area contributed by atoms with Gasteiger partial charge in [-0.15, -0.1) is 0 Å². The highest BCUT2D eigenvalue weighted by Crippen LogP contribution is 2.17. The normalized spacial score (nSPS) is 12.2. The van der Waals surface area contributed by atoms with Crippen LogP contribution in [0.5, 0.6) is 0 Å². The fraction of sp³-hybridized carbons (Fsp3) is 0.583. The van der Waals surface area contributed by atoms with Crippen molar-refractivity contribution < 1.29 is 9.53 Å². The fourth-order valence-electron chi connectivity index (χ4n) is 1.57. The number of aromatic nitrogens is 2. The van der Waals surface area contributed by atoms with E-state index in [4.69, 9.17) is 4.74 Å². The molecule has 0 aliphatic rings. The molecule has 1 heterocycles. The molecule has 0 saturated carbocycles. The van der Waals surface area contributed by atoms with Crippen molar-refractivity contribution in [3.63, 3.8) is 0 Å². The number of hydrogen-bond acceptors (Lipinski definition) is 4. The Hall–Kier alpha value is -1.45. The highest BCUT2D eigenvalue weighted by Gasteiger charge is 2.22. The Bertz CT molecular complexity index is 353. The third-order valence-corrected chi connectivity index (χ3v) is 2.44. The Labute approximate surface area is 96.1 Å². The van der Waals surface area contributed by atoms with Gasteiger partial charge < -0.3 is 4.74 Å². The summed E-state index contributed by atoms with van der Waals surface area (Å²) in [6.07, 6.45) is 4.31. The predicted octanol–water partition coefficient (Wildman–Crippen LogP) is 2.10. The van der Waals surface area contributed by atoms with Crippen LogP contribution in [0.4, 0.5) is 0 Å². The Morgan fingerprint density at radius 1 is 1.50 bits per heavy atom. The number of aryl methyl sites for hydroxylation is 1. The van der Waals surface area contributed by atoms with Crippen LogP contribution < -0.4 is 0 Å². The molecule has 0 N–H and O–H groups in total. The summed E-state index contributed by atoms with van der Waals surface area (Å²) in [6, 6.07) is 1.89. The van der Waals surface area contributed by atoms with E-state index in [0.717, 1.165) is 18.5 Å². The molecule has 1 aromatic rings. The van der Waals surface area contributed by atoms with Gasteiger partial charge in [-0.3, -0.25) is 4.79 Å². The molecule has 1 atom stereocenters. The van der Waals surface area contributed by atoms with Gasteiger partial charge in [-0.25, -0.2) is 9.97 Å². The molecule has 0 aromatic carbocycles. The van der Waals surface area contributed by atoms with Crippen molar-refractivity contribution in [3.05, 3.63) is 23.8 Å². The molecule has 88 valence electrons. The standard InChI is InChI=1S/C12H18N2O2/c1-4-6-9-7-8-13-11(14-9)10(5-2)12(15)16-3/h7-8,10H,4-6H2,1-3H3. The van der Waals surface area contributed by atoms with Gasteiger partial charge in [0.1, 0.15) is 11.7 Å². The van der Waals surface area contributed by atoms with Crippen molar-refractivity contribution in [1.29, 1.82) is 0 Å². The zero-order valence-electron chi connectivity index (χ0n) is 10.1. The number of carbonyl (C=O) groups is 1. The van der Waals surface area contributed by atoms with E-state index in [2.05, 4.69) is 16.9 Å². The molecule has 0 bridgehead atoms. The average Bonchev–Trinajstić information content (AvgIpc) is 2.31. The summed E-state index contributed by atoms with van der Waals surface area (Å²) in [7, 11) is 1.39. The fourth-order valence-corrected chi connectivity index (χ4v) is 1.57. The number of ether oxygens (including phenoxy) is 1. The Morgan fingerprint density at radius 2 is 2.25 bits per heavy atom. The number of hydrogen-bond donors (Lipinski definition) is 0. The van der Waals surface area contributed by atoms with E-state index in [-0.39, 0.29) is 11.9 Å². The molecule has 1 rings (SSSR count). The van der Waals surface area contributed by atoms with Gasteiger partial charge in [-0.2, -0.15) is 0 Å². The summed E-state index contributed by atoms with van der Waals surface area (Å²) in [6.45, 7) is 4.02. The highest BCUT2D eigenvalue weighted by molar-refractivity contribution is 5.76. The van der Waals surface area contributed by atoms with Gasteiger partial charge >= 0.3 is 5.97 Å². The Morgan fingerprint density at radius 3 is 2.81 bits per heavy atom. The smallest absolute Gasteiger partial charge is 0.316 e. The van der Waals surface area contributed by atoms with Crippen molar-refractivity contribution in [2.75, 3.05) is 7.11 Å². The minimum absolute atomic E-state index is 0.267. The molecule has 0 spiro atoms. The molecule has 16 heavy (non-hydrogen) atoms. The molecule has 0 radical (unpaired) electrons. The van der Waals surface area contributed by atoms with Crippen molar-refractivity contribution in [3.8, 4) is 0 Å². The highest BCUT2D eigenvalue weighted by atomic mass is 16.5. The quantitative estimate of drug-likeness (QED) is 0.716. The minimum Gasteiger partial charge on any atom is -0.468 e. The van der Waals surface area contributed by atoms with Crippen LogP contribution in [-0.2, 0) is 16.0 Å². The second-order valence-corrected chi connectivity index (χ2v) is 3.64. The largest absolute Gasteiger partial charge is 0.468 e. The zero-order valence-corrected chi connectivity index (χ0v) is 10.1. The zero-order chi connectivity index (χ0) is 12.0. The van der Waals surface area contributed by atoms with Gasteiger partial charge in [-0.05, 0) is 18.9 Å². The first-order chi connectivity index (χ1) is 7.72. The second-order valence-electron chi connectivity index (χ2n) is 3.64. The number of rotatable bonds is 5. The second kappa shape index (κ2) is 6.20. The summed E-state index contributed by atoms with van der Waals surface area (Å²) >= 11 is 0. The van der Waals surface area contributed by atoms with Gasteiger partial charge in [0.25, 0.3) is 0 Å². The SMILES string of the molecule is CCCc1ccnc(C(CC)C(=O)OC)n1. The third-order valence-electron chi connectivity index (χ3n) is 2.44. The lowest BCUT2D eigenvalue weighted by Gasteiger charge is -2.11. The van der Waals surface area contributed by atoms with Gasteiger partial charge in [-0.1, -0.05) is 20.3 Å². The number of methoxy groups -OCH3 is 1. The van der Waals surface area contributed by atoms with Crippen LogP contribution in [0.2, 0.25) is 0 Å². The van der Waals surface area contributed by atoms with Crippen molar-refractivity contribution >= 4 is 5.97 Å². The number of nitrogens with zero attached hydrogens (tertiary/aromatic N) is 2. The molecule has 1 aromatic heterocycles. The lowest BCUT2D eigenvalue weighted by atomic mass is 10.1. The van der Waals surface area contributed by atoms with Gasteiger partial charge in [0.15, 0.2) is 0 Å². The van der Waals surface area contributed by atoms with Crippen molar-refractivity contribution in [2.24, 2.45) is 0 Å². The lowest BCUT2D eigenvalue weighted by molar-refractivity contribution is -0.142. The molecule has 0 aliphatic carbocycles. The first-order valence-corrected chi connectivity index (χ1v) is 5.62. The van der Waals surface area contributed by atoms with Crippen LogP contribution in [-0.4, -0.2) is 23.0 Å². The van der Waals surface area contributed by atoms with Crippen LogP contribution in [0.1, 0.15) is 44.1 Å². The molecule has 0 fully saturated rings. The number of carbonyl (C=O) groups excluding carboxylic acids is 1. The van der Waals surface area contributed by atoms with E-state index in [1.54, 1.807) is 6.20 Å². The van der Waals surface area contributed by atoms with E-state index in [9.17, 15) is 4.79 Å². The molecule has 0 amide bonds. The average molecular weight is 222 g/mol. The summed E-state index contributed by atoms with van der Waals surface area (Å²) in [5.41, 5.74) is 0.981. The maximum atomic E-state index is 11.5. The Kier molecular flexibility index (Phi) is 4.89. The van der Waals surface area contributed by atoms with Crippen LogP contribution in [0, 0.1) is 0 Å². The topological polar surface area (TPSA) is 52.1 Å². The summed E-state index contributed by atoms with van der Waals surface area (Å²) in [5, 5.41) is 0. The van der Waals surface area contributed by atoms with E-state index in [1.165, 1.54) is 7.11 Å². The van der Waals surface area contributed by atoms with Gasteiger partial charge in [0.05, 0.1) is 7.11 Å². The molecule has 0 saturated heterocycles. The van der Waals surface area contributed by atoms with Gasteiger partial charge in [0, 0.05) is 11.9 Å². The van der Waals surface area contributed by atoms with Crippen molar-refractivity contribution in [2.45, 2.75) is 39.0 Å². The lowest BCUT2D eigenvalue weighted by Crippen LogP contribution is -2.16. The van der Waals surface area contributed by atoms with Crippen LogP contribution in [0.25, 0.3) is 0 Å². The van der Waals surface area contributed by atoms with E-state index < -0.39 is 0 Å². The van der Waals surface area contributed by atoms with E-state index in [0.29, 0.717) is 12.2 Å². The molecule has 0 aliphatic heterocycles. The van der Waals surface area contributed by atoms with Crippen LogP contribution in [0.3, 0.4) is 0 Å². The minimum atomic E-state index is -0.346. The summed E-state index contributed by atoms with van der Waals surface area (Å²) in [4.78, 5) is 20.1. The third kappa shape index (κ3) is 3.02. The molecule has 4 nitrogen and oxygen atoms in total. The molecular weight excluding hydrogens is 204 g/mol. The van der Waals surface area contributed by atoms with E-state index >= 15 is 0 Å². The van der Waals surface area contributed by atoms with E-state index in [1.807, 2.05) is 13.0 Å². The molecular formula is C12H18N2O2. The maximum Gasteiger partial charge on any atom is 0.316 e.